The summed E-state index contributed by atoms with van der Waals surface area (Å²) < 4.78 is 4.83. The summed E-state index contributed by atoms with van der Waals surface area (Å²) in [6.07, 6.45) is 3.51. The van der Waals surface area contributed by atoms with Gasteiger partial charge in [0, 0.05) is 6.42 Å². The Morgan fingerprint density at radius 2 is 2.50 bits per heavy atom. The van der Waals surface area contributed by atoms with Gasteiger partial charge in [0.15, 0.2) is 0 Å². The van der Waals surface area contributed by atoms with Crippen LogP contribution in [0, 0.1) is 5.92 Å². The highest BCUT2D eigenvalue weighted by Gasteiger charge is 2.35. The molecule has 12 heavy (non-hydrogen) atoms. The van der Waals surface area contributed by atoms with Crippen LogP contribution in [0.4, 0.5) is 0 Å². The minimum Gasteiger partial charge on any atom is -0.465 e. The van der Waals surface area contributed by atoms with Crippen molar-refractivity contribution in [3.8, 4) is 0 Å². The molecule has 1 atom stereocenters. The Kier molecular flexibility index (Phi) is 3.02. The summed E-state index contributed by atoms with van der Waals surface area (Å²) in [4.78, 5) is 21.8. The van der Waals surface area contributed by atoms with Gasteiger partial charge in [-0.25, -0.2) is 0 Å². The molecule has 0 aromatic carbocycles. The monoisotopic (exact) mass is 168 g/mol. The first-order chi connectivity index (χ1) is 5.75. The van der Waals surface area contributed by atoms with Crippen LogP contribution < -0.4 is 0 Å². The number of ether oxygens (including phenoxy) is 1. The molecule has 0 spiro atoms. The molecular weight excluding hydrogens is 156 g/mol. The highest BCUT2D eigenvalue weighted by Crippen LogP contribution is 2.23. The first kappa shape index (κ1) is 8.97. The van der Waals surface area contributed by atoms with Crippen molar-refractivity contribution in [2.45, 2.75) is 19.3 Å². The van der Waals surface area contributed by atoms with Crippen LogP contribution in [0.5, 0.6) is 0 Å². The highest BCUT2D eigenvalue weighted by molar-refractivity contribution is 6.03. The van der Waals surface area contributed by atoms with Gasteiger partial charge in [0.05, 0.1) is 6.61 Å². The second kappa shape index (κ2) is 4.04. The van der Waals surface area contributed by atoms with Crippen LogP contribution in [0.15, 0.2) is 12.7 Å². The van der Waals surface area contributed by atoms with Crippen molar-refractivity contribution in [1.82, 2.24) is 0 Å². The van der Waals surface area contributed by atoms with E-state index >= 15 is 0 Å². The molecule has 1 unspecified atom stereocenters. The third-order valence-electron chi connectivity index (χ3n) is 1.92. The van der Waals surface area contributed by atoms with Crippen LogP contribution in [0.1, 0.15) is 19.3 Å². The molecule has 0 aromatic rings. The molecule has 0 amide bonds. The van der Waals surface area contributed by atoms with Crippen LogP contribution in [0.2, 0.25) is 0 Å². The maximum atomic E-state index is 11.0. The molecule has 0 aliphatic heterocycles. The van der Waals surface area contributed by atoms with Crippen LogP contribution in [-0.2, 0) is 14.3 Å². The van der Waals surface area contributed by atoms with Gasteiger partial charge in [-0.15, -0.1) is 6.58 Å². The van der Waals surface area contributed by atoms with Gasteiger partial charge in [-0.05, 0) is 12.8 Å². The molecule has 1 aliphatic rings. The van der Waals surface area contributed by atoms with Crippen molar-refractivity contribution in [3.05, 3.63) is 12.7 Å². The maximum absolute atomic E-state index is 11.0. The van der Waals surface area contributed by atoms with Crippen LogP contribution in [-0.4, -0.2) is 18.4 Å². The zero-order valence-electron chi connectivity index (χ0n) is 6.91. The highest BCUT2D eigenvalue weighted by atomic mass is 16.5. The van der Waals surface area contributed by atoms with Crippen molar-refractivity contribution in [2.75, 3.05) is 6.61 Å². The van der Waals surface area contributed by atoms with Gasteiger partial charge >= 0.3 is 5.97 Å². The molecule has 1 rings (SSSR count). The minimum atomic E-state index is -0.463. The van der Waals surface area contributed by atoms with E-state index in [0.717, 1.165) is 0 Å². The molecule has 0 bridgehead atoms. The zero-order valence-corrected chi connectivity index (χ0v) is 6.91. The van der Waals surface area contributed by atoms with E-state index in [-0.39, 0.29) is 11.8 Å². The molecule has 1 saturated carbocycles. The van der Waals surface area contributed by atoms with Crippen molar-refractivity contribution < 1.29 is 14.3 Å². The molecule has 66 valence electrons. The van der Waals surface area contributed by atoms with Crippen LogP contribution in [0.25, 0.3) is 0 Å². The number of hydrogen-bond donors (Lipinski definition) is 0. The molecule has 3 nitrogen and oxygen atoms in total. The quantitative estimate of drug-likeness (QED) is 0.273. The molecule has 3 heteroatoms. The largest absolute Gasteiger partial charge is 0.465 e. The fraction of sp³-hybridized carbons (Fsp3) is 0.556. The number of carbonyl (C=O) groups excluding carboxylic acids is 2. The average Bonchev–Trinajstić information content (AvgIpc) is 2.02. The first-order valence-electron chi connectivity index (χ1n) is 4.06. The van der Waals surface area contributed by atoms with E-state index in [1.54, 1.807) is 6.08 Å². The average molecular weight is 168 g/mol. The number of rotatable bonds is 4. The number of Topliss-reactive ketones (excluding diaryl/α,β-unsaturated/α-hetero) is 1. The molecule has 1 aliphatic carbocycles. The molecule has 0 heterocycles. The Bertz CT molecular complexity index is 208. The summed E-state index contributed by atoms with van der Waals surface area (Å²) in [5.41, 5.74) is 0. The molecule has 0 N–H and O–H groups in total. The zero-order chi connectivity index (χ0) is 8.97. The lowest BCUT2D eigenvalue weighted by atomic mass is 9.84. The van der Waals surface area contributed by atoms with E-state index in [4.69, 9.17) is 4.74 Å². The molecule has 0 radical (unpaired) electrons. The Hall–Kier alpha value is -1.12. The SMILES string of the molecule is C=CCCOC(=O)C1CCC1=O. The number of esters is 1. The summed E-state index contributed by atoms with van der Waals surface area (Å²) >= 11 is 0. The normalized spacial score (nSPS) is 21.3. The summed E-state index contributed by atoms with van der Waals surface area (Å²) in [5.74, 6) is -0.818. The first-order valence-corrected chi connectivity index (χ1v) is 4.06. The lowest BCUT2D eigenvalue weighted by molar-refractivity contribution is -0.156. The Morgan fingerprint density at radius 3 is 2.92 bits per heavy atom. The third kappa shape index (κ3) is 1.94. The third-order valence-corrected chi connectivity index (χ3v) is 1.92. The van der Waals surface area contributed by atoms with Crippen molar-refractivity contribution in [2.24, 2.45) is 5.92 Å². The predicted octanol–water partition coefficient (Wildman–Crippen LogP) is 1.08. The topological polar surface area (TPSA) is 43.4 Å². The smallest absolute Gasteiger partial charge is 0.316 e. The van der Waals surface area contributed by atoms with E-state index in [2.05, 4.69) is 6.58 Å². The fourth-order valence-electron chi connectivity index (χ4n) is 0.999. The molecule has 0 aromatic heterocycles. The van der Waals surface area contributed by atoms with Gasteiger partial charge in [0.1, 0.15) is 11.7 Å². The fourth-order valence-corrected chi connectivity index (χ4v) is 0.999. The van der Waals surface area contributed by atoms with Crippen LogP contribution >= 0.6 is 0 Å². The number of hydrogen-bond acceptors (Lipinski definition) is 3. The minimum absolute atomic E-state index is 0.0126. The standard InChI is InChI=1S/C9H12O3/c1-2-3-6-12-9(11)7-4-5-8(7)10/h2,7H,1,3-6H2. The van der Waals surface area contributed by atoms with Gasteiger partial charge < -0.3 is 4.74 Å². The second-order valence-corrected chi connectivity index (χ2v) is 2.80. The van der Waals surface area contributed by atoms with Crippen molar-refractivity contribution in [1.29, 1.82) is 0 Å². The van der Waals surface area contributed by atoms with Gasteiger partial charge in [-0.2, -0.15) is 0 Å². The summed E-state index contributed by atoms with van der Waals surface area (Å²) in [6, 6.07) is 0. The van der Waals surface area contributed by atoms with E-state index in [1.165, 1.54) is 0 Å². The number of carbonyl (C=O) groups is 2. The van der Waals surface area contributed by atoms with E-state index in [9.17, 15) is 9.59 Å². The Morgan fingerprint density at radius 1 is 1.75 bits per heavy atom. The summed E-state index contributed by atoms with van der Waals surface area (Å²) in [7, 11) is 0. The maximum Gasteiger partial charge on any atom is 0.316 e. The molecule has 1 fully saturated rings. The van der Waals surface area contributed by atoms with Gasteiger partial charge in [0.2, 0.25) is 0 Å². The summed E-state index contributed by atoms with van der Waals surface area (Å²) in [5, 5.41) is 0. The molecule has 0 saturated heterocycles. The van der Waals surface area contributed by atoms with Gasteiger partial charge in [-0.1, -0.05) is 6.08 Å². The second-order valence-electron chi connectivity index (χ2n) is 2.80. The van der Waals surface area contributed by atoms with E-state index < -0.39 is 5.92 Å². The van der Waals surface area contributed by atoms with Crippen molar-refractivity contribution in [3.63, 3.8) is 0 Å². The van der Waals surface area contributed by atoms with Gasteiger partial charge in [-0.3, -0.25) is 9.59 Å². The van der Waals surface area contributed by atoms with E-state index in [0.29, 0.717) is 25.9 Å². The van der Waals surface area contributed by atoms with Gasteiger partial charge in [0.25, 0.3) is 0 Å². The lowest BCUT2D eigenvalue weighted by Crippen LogP contribution is -2.34. The summed E-state index contributed by atoms with van der Waals surface area (Å²) in [6.45, 7) is 3.83. The van der Waals surface area contributed by atoms with E-state index in [1.807, 2.05) is 0 Å². The predicted molar refractivity (Wildman–Crippen MR) is 43.5 cm³/mol. The van der Waals surface area contributed by atoms with Crippen molar-refractivity contribution >= 4 is 11.8 Å². The lowest BCUT2D eigenvalue weighted by Gasteiger charge is -2.21. The molecular formula is C9H12O3. The Balaban J connectivity index is 2.19. The number of ketones is 1. The van der Waals surface area contributed by atoms with Crippen LogP contribution in [0.3, 0.4) is 0 Å². The Labute approximate surface area is 71.4 Å².